The van der Waals surface area contributed by atoms with Gasteiger partial charge in [-0.2, -0.15) is 0 Å². The molecule has 0 saturated carbocycles. The van der Waals surface area contributed by atoms with E-state index in [-0.39, 0.29) is 5.82 Å². The first kappa shape index (κ1) is 13.9. The maximum absolute atomic E-state index is 12.6. The van der Waals surface area contributed by atoms with Crippen molar-refractivity contribution in [2.45, 2.75) is 12.8 Å². The number of unbranched alkanes of at least 4 members (excludes halogenated alkanes) is 1. The summed E-state index contributed by atoms with van der Waals surface area (Å²) in [7, 11) is 1.69. The lowest BCUT2D eigenvalue weighted by Crippen LogP contribution is -2.20. The summed E-state index contributed by atoms with van der Waals surface area (Å²) in [5, 5.41) is 3.26. The van der Waals surface area contributed by atoms with Crippen LogP contribution in [0.5, 0.6) is 5.75 Å². The van der Waals surface area contributed by atoms with E-state index >= 15 is 0 Å². The maximum atomic E-state index is 12.6. The van der Waals surface area contributed by atoms with E-state index in [0.717, 1.165) is 38.3 Å². The van der Waals surface area contributed by atoms with Gasteiger partial charge in [-0.15, -0.1) is 0 Å². The van der Waals surface area contributed by atoms with Crippen LogP contribution in [0.4, 0.5) is 4.39 Å². The molecule has 17 heavy (non-hydrogen) atoms. The van der Waals surface area contributed by atoms with Gasteiger partial charge in [0, 0.05) is 13.7 Å². The van der Waals surface area contributed by atoms with Crippen LogP contribution in [0.15, 0.2) is 24.3 Å². The molecule has 0 fully saturated rings. The minimum absolute atomic E-state index is 0.236. The standard InChI is InChI=1S/C13H20FNO2/c1-16-11-9-15-8-2-3-10-17-13-6-4-12(14)5-7-13/h4-7,15H,2-3,8-11H2,1H3. The van der Waals surface area contributed by atoms with Gasteiger partial charge in [0.25, 0.3) is 0 Å². The summed E-state index contributed by atoms with van der Waals surface area (Å²) in [5.41, 5.74) is 0. The van der Waals surface area contributed by atoms with Crippen molar-refractivity contribution >= 4 is 0 Å². The Labute approximate surface area is 102 Å². The Morgan fingerprint density at radius 1 is 1.06 bits per heavy atom. The highest BCUT2D eigenvalue weighted by molar-refractivity contribution is 5.21. The molecule has 0 saturated heterocycles. The Hall–Kier alpha value is -1.13. The Morgan fingerprint density at radius 3 is 2.53 bits per heavy atom. The van der Waals surface area contributed by atoms with E-state index in [1.807, 2.05) is 0 Å². The van der Waals surface area contributed by atoms with Gasteiger partial charge in [0.1, 0.15) is 11.6 Å². The second kappa shape index (κ2) is 8.96. The third kappa shape index (κ3) is 6.92. The number of halogens is 1. The van der Waals surface area contributed by atoms with Crippen molar-refractivity contribution in [3.05, 3.63) is 30.1 Å². The highest BCUT2D eigenvalue weighted by atomic mass is 19.1. The van der Waals surface area contributed by atoms with Crippen molar-refractivity contribution in [1.82, 2.24) is 5.32 Å². The molecule has 0 spiro atoms. The molecule has 0 heterocycles. The van der Waals surface area contributed by atoms with Crippen LogP contribution in [0.2, 0.25) is 0 Å². The van der Waals surface area contributed by atoms with Crippen molar-refractivity contribution in [1.29, 1.82) is 0 Å². The molecule has 0 aliphatic heterocycles. The van der Waals surface area contributed by atoms with Crippen LogP contribution in [0.25, 0.3) is 0 Å². The third-order valence-electron chi connectivity index (χ3n) is 2.31. The SMILES string of the molecule is COCCNCCCCOc1ccc(F)cc1. The molecule has 1 rings (SSSR count). The average molecular weight is 241 g/mol. The first-order chi connectivity index (χ1) is 8.33. The fourth-order valence-corrected chi connectivity index (χ4v) is 1.37. The van der Waals surface area contributed by atoms with Gasteiger partial charge >= 0.3 is 0 Å². The predicted molar refractivity (Wildman–Crippen MR) is 65.9 cm³/mol. The van der Waals surface area contributed by atoms with E-state index in [1.54, 1.807) is 19.2 Å². The van der Waals surface area contributed by atoms with Crippen LogP contribution in [0.3, 0.4) is 0 Å². The van der Waals surface area contributed by atoms with E-state index in [0.29, 0.717) is 6.61 Å². The largest absolute Gasteiger partial charge is 0.494 e. The molecule has 0 radical (unpaired) electrons. The van der Waals surface area contributed by atoms with E-state index in [2.05, 4.69) is 5.32 Å². The quantitative estimate of drug-likeness (QED) is 0.672. The molecule has 0 unspecified atom stereocenters. The lowest BCUT2D eigenvalue weighted by atomic mass is 10.3. The van der Waals surface area contributed by atoms with Crippen molar-refractivity contribution in [3.8, 4) is 5.75 Å². The zero-order valence-corrected chi connectivity index (χ0v) is 10.2. The summed E-state index contributed by atoms with van der Waals surface area (Å²) >= 11 is 0. The monoisotopic (exact) mass is 241 g/mol. The van der Waals surface area contributed by atoms with Crippen molar-refractivity contribution in [2.75, 3.05) is 33.4 Å². The smallest absolute Gasteiger partial charge is 0.123 e. The fourth-order valence-electron chi connectivity index (χ4n) is 1.37. The fraction of sp³-hybridized carbons (Fsp3) is 0.538. The highest BCUT2D eigenvalue weighted by Gasteiger charge is 1.94. The second-order valence-corrected chi connectivity index (χ2v) is 3.75. The van der Waals surface area contributed by atoms with Gasteiger partial charge < -0.3 is 14.8 Å². The number of hydrogen-bond acceptors (Lipinski definition) is 3. The molecule has 0 atom stereocenters. The van der Waals surface area contributed by atoms with Crippen LogP contribution in [-0.2, 0) is 4.74 Å². The number of methoxy groups -OCH3 is 1. The first-order valence-electron chi connectivity index (χ1n) is 5.91. The van der Waals surface area contributed by atoms with Gasteiger partial charge in [-0.25, -0.2) is 4.39 Å². The topological polar surface area (TPSA) is 30.5 Å². The van der Waals surface area contributed by atoms with Crippen molar-refractivity contribution < 1.29 is 13.9 Å². The number of benzene rings is 1. The summed E-state index contributed by atoms with van der Waals surface area (Å²) in [4.78, 5) is 0. The molecule has 0 amide bonds. The van der Waals surface area contributed by atoms with Crippen molar-refractivity contribution in [3.63, 3.8) is 0 Å². The molecular formula is C13H20FNO2. The predicted octanol–water partition coefficient (Wildman–Crippen LogP) is 2.22. The number of ether oxygens (including phenoxy) is 2. The summed E-state index contributed by atoms with van der Waals surface area (Å²) < 4.78 is 23.0. The van der Waals surface area contributed by atoms with Gasteiger partial charge in [0.2, 0.25) is 0 Å². The molecule has 4 heteroatoms. The highest BCUT2D eigenvalue weighted by Crippen LogP contribution is 2.11. The third-order valence-corrected chi connectivity index (χ3v) is 2.31. The van der Waals surface area contributed by atoms with Gasteiger partial charge in [-0.3, -0.25) is 0 Å². The Balaban J connectivity index is 1.95. The molecule has 96 valence electrons. The molecular weight excluding hydrogens is 221 g/mol. The van der Waals surface area contributed by atoms with Crippen LogP contribution in [0, 0.1) is 5.82 Å². The summed E-state index contributed by atoms with van der Waals surface area (Å²) in [6, 6.07) is 6.10. The van der Waals surface area contributed by atoms with Gasteiger partial charge in [0.05, 0.1) is 13.2 Å². The van der Waals surface area contributed by atoms with Gasteiger partial charge in [-0.1, -0.05) is 0 Å². The van der Waals surface area contributed by atoms with Gasteiger partial charge in [-0.05, 0) is 43.7 Å². The lowest BCUT2D eigenvalue weighted by molar-refractivity contribution is 0.199. The minimum atomic E-state index is -0.236. The Morgan fingerprint density at radius 2 is 1.82 bits per heavy atom. The van der Waals surface area contributed by atoms with Crippen molar-refractivity contribution in [2.24, 2.45) is 0 Å². The zero-order valence-electron chi connectivity index (χ0n) is 10.2. The van der Waals surface area contributed by atoms with Crippen LogP contribution < -0.4 is 10.1 Å². The van der Waals surface area contributed by atoms with E-state index in [9.17, 15) is 4.39 Å². The minimum Gasteiger partial charge on any atom is -0.494 e. The summed E-state index contributed by atoms with van der Waals surface area (Å²) in [5.74, 6) is 0.485. The van der Waals surface area contributed by atoms with Crippen LogP contribution >= 0.6 is 0 Å². The maximum Gasteiger partial charge on any atom is 0.123 e. The molecule has 0 aromatic heterocycles. The van der Waals surface area contributed by atoms with Crippen LogP contribution in [-0.4, -0.2) is 33.4 Å². The number of hydrogen-bond donors (Lipinski definition) is 1. The lowest BCUT2D eigenvalue weighted by Gasteiger charge is -2.06. The van der Waals surface area contributed by atoms with E-state index in [4.69, 9.17) is 9.47 Å². The zero-order chi connectivity index (χ0) is 12.3. The number of nitrogens with one attached hydrogen (secondary N) is 1. The molecule has 0 bridgehead atoms. The molecule has 1 N–H and O–H groups in total. The van der Waals surface area contributed by atoms with Gasteiger partial charge in [0.15, 0.2) is 0 Å². The summed E-state index contributed by atoms with van der Waals surface area (Å²) in [6.07, 6.45) is 2.04. The van der Waals surface area contributed by atoms with E-state index < -0.39 is 0 Å². The van der Waals surface area contributed by atoms with Crippen LogP contribution in [0.1, 0.15) is 12.8 Å². The molecule has 1 aromatic rings. The number of rotatable bonds is 9. The average Bonchev–Trinajstić information content (AvgIpc) is 2.35. The Bertz CT molecular complexity index is 290. The molecule has 3 nitrogen and oxygen atoms in total. The summed E-state index contributed by atoms with van der Waals surface area (Å²) in [6.45, 7) is 3.26. The molecule has 0 aliphatic rings. The molecule has 0 aliphatic carbocycles. The normalized spacial score (nSPS) is 10.5. The first-order valence-corrected chi connectivity index (χ1v) is 5.91. The van der Waals surface area contributed by atoms with E-state index in [1.165, 1.54) is 12.1 Å². The Kier molecular flexibility index (Phi) is 7.34. The molecule has 1 aromatic carbocycles. The second-order valence-electron chi connectivity index (χ2n) is 3.75.